The standard InChI is InChI=1S/C15H20BrN3S/c1-3-6-17-9-13-5-4-7-18-15(13)19(2)10-12-8-14(16)20-11-12/h4-5,7-8,11,17H,3,6,9-10H2,1-2H3. The van der Waals surface area contributed by atoms with E-state index >= 15 is 0 Å². The normalized spacial score (nSPS) is 10.8. The number of aromatic nitrogens is 1. The quantitative estimate of drug-likeness (QED) is 0.761. The van der Waals surface area contributed by atoms with Crippen LogP contribution in [0.1, 0.15) is 24.5 Å². The molecule has 0 radical (unpaired) electrons. The molecule has 0 fully saturated rings. The van der Waals surface area contributed by atoms with Gasteiger partial charge in [0, 0.05) is 31.9 Å². The summed E-state index contributed by atoms with van der Waals surface area (Å²) in [5.41, 5.74) is 2.56. The maximum atomic E-state index is 4.54. The summed E-state index contributed by atoms with van der Waals surface area (Å²) in [4.78, 5) is 6.74. The maximum Gasteiger partial charge on any atom is 0.133 e. The van der Waals surface area contributed by atoms with Crippen LogP contribution in [0.15, 0.2) is 33.6 Å². The molecule has 2 aromatic rings. The molecule has 0 spiro atoms. The molecule has 2 rings (SSSR count). The van der Waals surface area contributed by atoms with Crippen molar-refractivity contribution < 1.29 is 0 Å². The molecule has 0 bridgehead atoms. The average molecular weight is 354 g/mol. The molecule has 2 heterocycles. The highest BCUT2D eigenvalue weighted by Gasteiger charge is 2.09. The van der Waals surface area contributed by atoms with Gasteiger partial charge in [-0.3, -0.25) is 0 Å². The molecule has 3 nitrogen and oxygen atoms in total. The van der Waals surface area contributed by atoms with Gasteiger partial charge in [0.1, 0.15) is 5.82 Å². The van der Waals surface area contributed by atoms with Crippen LogP contribution in [0.25, 0.3) is 0 Å². The Balaban J connectivity index is 2.06. The van der Waals surface area contributed by atoms with E-state index < -0.39 is 0 Å². The Bertz CT molecular complexity index is 541. The molecular formula is C15H20BrN3S. The first-order valence-corrected chi connectivity index (χ1v) is 8.46. The first-order chi connectivity index (χ1) is 9.70. The number of hydrogen-bond donors (Lipinski definition) is 1. The average Bonchev–Trinajstić information content (AvgIpc) is 2.85. The van der Waals surface area contributed by atoms with E-state index in [-0.39, 0.29) is 0 Å². The fraction of sp³-hybridized carbons (Fsp3) is 0.400. The molecule has 0 aliphatic heterocycles. The molecule has 0 unspecified atom stereocenters. The monoisotopic (exact) mass is 353 g/mol. The molecule has 0 saturated heterocycles. The van der Waals surface area contributed by atoms with Crippen LogP contribution in [0.4, 0.5) is 5.82 Å². The van der Waals surface area contributed by atoms with Crippen molar-refractivity contribution in [3.8, 4) is 0 Å². The molecule has 0 aliphatic carbocycles. The Morgan fingerprint density at radius 3 is 3.00 bits per heavy atom. The van der Waals surface area contributed by atoms with Gasteiger partial charge in [-0.15, -0.1) is 11.3 Å². The second-order valence-electron chi connectivity index (χ2n) is 4.78. The third kappa shape index (κ3) is 4.30. The summed E-state index contributed by atoms with van der Waals surface area (Å²) in [5.74, 6) is 1.05. The van der Waals surface area contributed by atoms with Gasteiger partial charge in [0.2, 0.25) is 0 Å². The topological polar surface area (TPSA) is 28.2 Å². The van der Waals surface area contributed by atoms with E-state index in [2.05, 4.69) is 62.6 Å². The summed E-state index contributed by atoms with van der Waals surface area (Å²) in [6.07, 6.45) is 3.01. The number of hydrogen-bond acceptors (Lipinski definition) is 4. The van der Waals surface area contributed by atoms with Gasteiger partial charge in [0.15, 0.2) is 0 Å². The van der Waals surface area contributed by atoms with Crippen molar-refractivity contribution in [3.05, 3.63) is 44.7 Å². The molecule has 0 saturated carbocycles. The third-order valence-electron chi connectivity index (χ3n) is 3.01. The maximum absolute atomic E-state index is 4.54. The van der Waals surface area contributed by atoms with Crippen molar-refractivity contribution in [2.45, 2.75) is 26.4 Å². The summed E-state index contributed by atoms with van der Waals surface area (Å²) in [5, 5.41) is 5.62. The van der Waals surface area contributed by atoms with E-state index in [1.807, 2.05) is 12.3 Å². The summed E-state index contributed by atoms with van der Waals surface area (Å²) in [6.45, 7) is 4.96. The van der Waals surface area contributed by atoms with Crippen molar-refractivity contribution in [1.82, 2.24) is 10.3 Å². The summed E-state index contributed by atoms with van der Waals surface area (Å²) in [6, 6.07) is 6.31. The van der Waals surface area contributed by atoms with E-state index in [1.165, 1.54) is 14.9 Å². The Kier molecular flexibility index (Phi) is 6.01. The van der Waals surface area contributed by atoms with E-state index in [0.717, 1.165) is 31.9 Å². The predicted octanol–water partition coefficient (Wildman–Crippen LogP) is 4.04. The van der Waals surface area contributed by atoms with Gasteiger partial charge < -0.3 is 10.2 Å². The highest BCUT2D eigenvalue weighted by atomic mass is 79.9. The number of anilines is 1. The lowest BCUT2D eigenvalue weighted by Crippen LogP contribution is -2.22. The summed E-state index contributed by atoms with van der Waals surface area (Å²) < 4.78 is 1.17. The van der Waals surface area contributed by atoms with Gasteiger partial charge in [-0.25, -0.2) is 4.98 Å². The van der Waals surface area contributed by atoms with E-state index in [1.54, 1.807) is 11.3 Å². The highest BCUT2D eigenvalue weighted by molar-refractivity contribution is 9.11. The van der Waals surface area contributed by atoms with Crippen LogP contribution in [-0.2, 0) is 13.1 Å². The zero-order chi connectivity index (χ0) is 14.4. The van der Waals surface area contributed by atoms with E-state index in [9.17, 15) is 0 Å². The lowest BCUT2D eigenvalue weighted by Gasteiger charge is -2.20. The Morgan fingerprint density at radius 1 is 1.45 bits per heavy atom. The molecule has 5 heteroatoms. The van der Waals surface area contributed by atoms with Crippen molar-refractivity contribution in [2.24, 2.45) is 0 Å². The summed E-state index contributed by atoms with van der Waals surface area (Å²) in [7, 11) is 2.09. The van der Waals surface area contributed by atoms with Crippen LogP contribution in [0.5, 0.6) is 0 Å². The number of rotatable bonds is 7. The first-order valence-electron chi connectivity index (χ1n) is 6.79. The second-order valence-corrected chi connectivity index (χ2v) is 7.07. The van der Waals surface area contributed by atoms with Gasteiger partial charge >= 0.3 is 0 Å². The first kappa shape index (κ1) is 15.5. The summed E-state index contributed by atoms with van der Waals surface area (Å²) >= 11 is 5.23. The molecule has 2 aromatic heterocycles. The van der Waals surface area contributed by atoms with E-state index in [4.69, 9.17) is 0 Å². The van der Waals surface area contributed by atoms with Gasteiger partial charge in [-0.1, -0.05) is 13.0 Å². The lowest BCUT2D eigenvalue weighted by atomic mass is 10.2. The van der Waals surface area contributed by atoms with Crippen LogP contribution >= 0.6 is 27.3 Å². The zero-order valence-corrected chi connectivity index (χ0v) is 14.3. The minimum absolute atomic E-state index is 0.870. The van der Waals surface area contributed by atoms with Crippen LogP contribution in [-0.4, -0.2) is 18.6 Å². The van der Waals surface area contributed by atoms with Gasteiger partial charge in [-0.05, 0) is 52.0 Å². The molecule has 0 amide bonds. The third-order valence-corrected chi connectivity index (χ3v) is 4.57. The largest absolute Gasteiger partial charge is 0.355 e. The zero-order valence-electron chi connectivity index (χ0n) is 11.9. The van der Waals surface area contributed by atoms with Crippen LogP contribution in [0.3, 0.4) is 0 Å². The fourth-order valence-electron chi connectivity index (χ4n) is 2.09. The van der Waals surface area contributed by atoms with Crippen LogP contribution in [0.2, 0.25) is 0 Å². The molecule has 0 aromatic carbocycles. The van der Waals surface area contributed by atoms with Crippen LogP contribution < -0.4 is 10.2 Å². The Labute approximate surface area is 133 Å². The predicted molar refractivity (Wildman–Crippen MR) is 90.4 cm³/mol. The van der Waals surface area contributed by atoms with Gasteiger partial charge in [0.05, 0.1) is 3.79 Å². The molecule has 0 atom stereocenters. The van der Waals surface area contributed by atoms with Crippen molar-refractivity contribution >= 4 is 33.1 Å². The molecular weight excluding hydrogens is 334 g/mol. The van der Waals surface area contributed by atoms with Crippen LogP contribution in [0, 0.1) is 0 Å². The smallest absolute Gasteiger partial charge is 0.133 e. The number of nitrogens with zero attached hydrogens (tertiary/aromatic N) is 2. The second kappa shape index (κ2) is 7.76. The van der Waals surface area contributed by atoms with Gasteiger partial charge in [-0.2, -0.15) is 0 Å². The van der Waals surface area contributed by atoms with Gasteiger partial charge in [0.25, 0.3) is 0 Å². The SMILES string of the molecule is CCCNCc1cccnc1N(C)Cc1csc(Br)c1. The molecule has 108 valence electrons. The van der Waals surface area contributed by atoms with E-state index in [0.29, 0.717) is 0 Å². The number of pyridine rings is 1. The number of halogens is 1. The van der Waals surface area contributed by atoms with Crippen molar-refractivity contribution in [3.63, 3.8) is 0 Å². The Morgan fingerprint density at radius 2 is 2.30 bits per heavy atom. The van der Waals surface area contributed by atoms with Crippen molar-refractivity contribution in [2.75, 3.05) is 18.5 Å². The highest BCUT2D eigenvalue weighted by Crippen LogP contribution is 2.24. The number of nitrogens with one attached hydrogen (secondary N) is 1. The fourth-order valence-corrected chi connectivity index (χ4v) is 3.29. The minimum Gasteiger partial charge on any atom is -0.355 e. The molecule has 0 aliphatic rings. The lowest BCUT2D eigenvalue weighted by molar-refractivity contribution is 0.671. The molecule has 20 heavy (non-hydrogen) atoms. The van der Waals surface area contributed by atoms with Crippen molar-refractivity contribution in [1.29, 1.82) is 0 Å². The molecule has 1 N–H and O–H groups in total. The minimum atomic E-state index is 0.870. The Hall–Kier alpha value is -0.910. The number of thiophene rings is 1.